The molecule has 7 nitrogen and oxygen atoms in total. The van der Waals surface area contributed by atoms with Crippen LogP contribution in [0.25, 0.3) is 0 Å². The van der Waals surface area contributed by atoms with Crippen molar-refractivity contribution in [1.29, 1.82) is 0 Å². The Hall–Kier alpha value is -1.00. The predicted octanol–water partition coefficient (Wildman–Crippen LogP) is -0.255. The number of nitrogens with zero attached hydrogens (tertiary/aromatic N) is 2. The summed E-state index contributed by atoms with van der Waals surface area (Å²) in [4.78, 5) is 13.6. The molecule has 9 heteroatoms. The van der Waals surface area contributed by atoms with E-state index >= 15 is 0 Å². The Kier molecular flexibility index (Phi) is 2.72. The van der Waals surface area contributed by atoms with Crippen LogP contribution in [-0.2, 0) is 10.2 Å². The van der Waals surface area contributed by atoms with Crippen molar-refractivity contribution < 1.29 is 13.2 Å². The molecule has 0 spiro atoms. The summed E-state index contributed by atoms with van der Waals surface area (Å²) in [7, 11) is -3.56. The molecule has 0 aliphatic carbocycles. The Bertz CT molecular complexity index is 529. The maximum atomic E-state index is 11.7. The Labute approximate surface area is 100 Å². The van der Waals surface area contributed by atoms with Gasteiger partial charge in [-0.25, -0.2) is 5.84 Å². The average Bonchev–Trinajstić information content (AvgIpc) is 2.87. The molecular formula is C7H7BrN4O3S. The van der Waals surface area contributed by atoms with Crippen LogP contribution in [-0.4, -0.2) is 24.0 Å². The standard InChI is InChI=1S/C7H7BrN4O3S/c8-6-3-1-5(2-4-6)7(13)11(9)12-10-16(12,14)15/h1-4,10H,9H2. The van der Waals surface area contributed by atoms with E-state index < -0.39 is 16.1 Å². The molecule has 1 atom stereocenters. The maximum absolute atomic E-state index is 11.7. The van der Waals surface area contributed by atoms with Gasteiger partial charge in [-0.05, 0) is 24.3 Å². The first kappa shape index (κ1) is 11.5. The summed E-state index contributed by atoms with van der Waals surface area (Å²) in [6, 6.07) is 6.38. The SMILES string of the molecule is NN(C(=O)c1ccc(Br)cc1)N1NS1(=O)=O. The smallest absolute Gasteiger partial charge is 0.266 e. The number of hydrogen-bond donors (Lipinski definition) is 2. The normalized spacial score (nSPS) is 21.5. The summed E-state index contributed by atoms with van der Waals surface area (Å²) in [5.41, 5.74) is 0.287. The number of carbonyl (C=O) groups is 1. The highest BCUT2D eigenvalue weighted by Crippen LogP contribution is 2.16. The Morgan fingerprint density at radius 3 is 2.31 bits per heavy atom. The molecule has 1 aromatic carbocycles. The molecule has 0 bridgehead atoms. The summed E-state index contributed by atoms with van der Waals surface area (Å²) in [5.74, 6) is 4.70. The Balaban J connectivity index is 2.17. The molecule has 86 valence electrons. The molecule has 1 aromatic rings. The fraction of sp³-hybridized carbons (Fsp3) is 0. The van der Waals surface area contributed by atoms with Crippen molar-refractivity contribution in [2.45, 2.75) is 0 Å². The van der Waals surface area contributed by atoms with Gasteiger partial charge < -0.3 is 0 Å². The van der Waals surface area contributed by atoms with Gasteiger partial charge in [-0.2, -0.15) is 13.5 Å². The zero-order chi connectivity index (χ0) is 11.9. The number of benzene rings is 1. The van der Waals surface area contributed by atoms with Crippen molar-refractivity contribution in [3.05, 3.63) is 34.3 Å². The molecule has 0 saturated carbocycles. The van der Waals surface area contributed by atoms with Gasteiger partial charge in [0.05, 0.1) is 0 Å². The van der Waals surface area contributed by atoms with Crippen molar-refractivity contribution >= 4 is 32.0 Å². The van der Waals surface area contributed by atoms with Crippen LogP contribution in [0.4, 0.5) is 0 Å². The monoisotopic (exact) mass is 306 g/mol. The number of carbonyl (C=O) groups excluding carboxylic acids is 1. The van der Waals surface area contributed by atoms with E-state index in [1.807, 2.05) is 4.83 Å². The first-order valence-electron chi connectivity index (χ1n) is 4.09. The zero-order valence-electron chi connectivity index (χ0n) is 7.79. The van der Waals surface area contributed by atoms with Crippen LogP contribution in [0.15, 0.2) is 28.7 Å². The molecule has 1 aliphatic heterocycles. The van der Waals surface area contributed by atoms with E-state index in [9.17, 15) is 13.2 Å². The van der Waals surface area contributed by atoms with Gasteiger partial charge in [0, 0.05) is 14.6 Å². The van der Waals surface area contributed by atoms with E-state index in [-0.39, 0.29) is 5.56 Å². The lowest BCUT2D eigenvalue weighted by Crippen LogP contribution is -2.43. The van der Waals surface area contributed by atoms with E-state index in [1.54, 1.807) is 12.1 Å². The van der Waals surface area contributed by atoms with Crippen LogP contribution in [0.2, 0.25) is 0 Å². The van der Waals surface area contributed by atoms with Crippen molar-refractivity contribution in [3.63, 3.8) is 0 Å². The molecule has 1 aliphatic rings. The third-order valence-electron chi connectivity index (χ3n) is 1.88. The van der Waals surface area contributed by atoms with Gasteiger partial charge in [0.1, 0.15) is 0 Å². The second-order valence-corrected chi connectivity index (χ2v) is 5.39. The number of rotatable bonds is 2. The van der Waals surface area contributed by atoms with Crippen LogP contribution >= 0.6 is 15.9 Å². The maximum Gasteiger partial charge on any atom is 0.328 e. The van der Waals surface area contributed by atoms with E-state index in [0.717, 1.165) is 4.47 Å². The molecule has 1 fully saturated rings. The van der Waals surface area contributed by atoms with E-state index in [4.69, 9.17) is 5.84 Å². The first-order valence-corrected chi connectivity index (χ1v) is 6.32. The summed E-state index contributed by atoms with van der Waals surface area (Å²) < 4.78 is 23.0. The molecule has 1 unspecified atom stereocenters. The van der Waals surface area contributed by atoms with Gasteiger partial charge in [0.2, 0.25) is 0 Å². The predicted molar refractivity (Wildman–Crippen MR) is 58.4 cm³/mol. The highest BCUT2D eigenvalue weighted by atomic mass is 79.9. The van der Waals surface area contributed by atoms with Gasteiger partial charge in [-0.15, -0.1) is 0 Å². The number of halogens is 1. The van der Waals surface area contributed by atoms with Gasteiger partial charge in [-0.3, -0.25) is 4.79 Å². The van der Waals surface area contributed by atoms with Crippen LogP contribution in [0, 0.1) is 0 Å². The largest absolute Gasteiger partial charge is 0.328 e. The van der Waals surface area contributed by atoms with Gasteiger partial charge >= 0.3 is 10.2 Å². The van der Waals surface area contributed by atoms with E-state index in [1.165, 1.54) is 12.1 Å². The van der Waals surface area contributed by atoms with Gasteiger partial charge in [0.15, 0.2) is 0 Å². The summed E-state index contributed by atoms with van der Waals surface area (Å²) in [6.07, 6.45) is 0. The molecule has 0 aromatic heterocycles. The Morgan fingerprint density at radius 2 is 1.88 bits per heavy atom. The zero-order valence-corrected chi connectivity index (χ0v) is 10.2. The number of hydrogen-bond acceptors (Lipinski definition) is 4. The second-order valence-electron chi connectivity index (χ2n) is 3.00. The summed E-state index contributed by atoms with van der Waals surface area (Å²) >= 11 is 3.22. The minimum absolute atomic E-state index is 0.287. The first-order chi connectivity index (χ1) is 7.42. The quantitative estimate of drug-likeness (QED) is 0.340. The lowest BCUT2D eigenvalue weighted by molar-refractivity contribution is 0.0456. The number of hydrazine groups is 3. The lowest BCUT2D eigenvalue weighted by atomic mass is 10.2. The number of nitrogens with two attached hydrogens (primary N) is 1. The summed E-state index contributed by atoms with van der Waals surface area (Å²) in [6.45, 7) is 0. The highest BCUT2D eigenvalue weighted by Gasteiger charge is 2.46. The molecule has 1 heterocycles. The fourth-order valence-electron chi connectivity index (χ4n) is 1.05. The van der Waals surface area contributed by atoms with E-state index in [2.05, 4.69) is 15.9 Å². The third-order valence-corrected chi connectivity index (χ3v) is 3.37. The van der Waals surface area contributed by atoms with E-state index in [0.29, 0.717) is 9.64 Å². The topological polar surface area (TPSA) is 105 Å². The molecule has 2 rings (SSSR count). The summed E-state index contributed by atoms with van der Waals surface area (Å²) in [5, 5.41) is 0.499. The fourth-order valence-corrected chi connectivity index (χ4v) is 2.05. The van der Waals surface area contributed by atoms with Crippen molar-refractivity contribution in [2.75, 3.05) is 0 Å². The minimum atomic E-state index is -3.56. The molecule has 1 saturated heterocycles. The highest BCUT2D eigenvalue weighted by molar-refractivity contribution is 9.10. The van der Waals surface area contributed by atoms with Crippen LogP contribution in [0.1, 0.15) is 10.4 Å². The van der Waals surface area contributed by atoms with Crippen LogP contribution in [0.5, 0.6) is 0 Å². The van der Waals surface area contributed by atoms with Crippen LogP contribution in [0.3, 0.4) is 0 Å². The molecule has 0 radical (unpaired) electrons. The second kappa shape index (κ2) is 3.79. The lowest BCUT2D eigenvalue weighted by Gasteiger charge is -2.12. The average molecular weight is 307 g/mol. The van der Waals surface area contributed by atoms with Crippen molar-refractivity contribution in [2.24, 2.45) is 5.84 Å². The van der Waals surface area contributed by atoms with Crippen LogP contribution < -0.4 is 10.7 Å². The molecular weight excluding hydrogens is 300 g/mol. The number of nitrogens with one attached hydrogen (secondary N) is 1. The number of amides is 1. The van der Waals surface area contributed by atoms with Gasteiger partial charge in [-0.1, -0.05) is 20.8 Å². The van der Waals surface area contributed by atoms with Crippen molar-refractivity contribution in [3.8, 4) is 0 Å². The molecule has 16 heavy (non-hydrogen) atoms. The molecule has 1 amide bonds. The van der Waals surface area contributed by atoms with Gasteiger partial charge in [0.25, 0.3) is 5.91 Å². The van der Waals surface area contributed by atoms with Crippen molar-refractivity contribution in [1.82, 2.24) is 14.5 Å². The minimum Gasteiger partial charge on any atom is -0.266 e. The Morgan fingerprint density at radius 1 is 1.38 bits per heavy atom. The molecule has 3 N–H and O–H groups in total. The third kappa shape index (κ3) is 2.08.